The molecule has 0 radical (unpaired) electrons. The molecule has 0 saturated heterocycles. The first kappa shape index (κ1) is 9.05. The fraction of sp³-hybridized carbons (Fsp3) is 0.0769. The van der Waals surface area contributed by atoms with Crippen molar-refractivity contribution in [3.8, 4) is 23.5 Å². The van der Waals surface area contributed by atoms with Crippen LogP contribution in [0.3, 0.4) is 0 Å². The van der Waals surface area contributed by atoms with Gasteiger partial charge >= 0.3 is 0 Å². The van der Waals surface area contributed by atoms with Crippen molar-refractivity contribution in [2.75, 3.05) is 0 Å². The maximum absolute atomic E-state index is 5.37. The molecule has 0 aliphatic carbocycles. The van der Waals surface area contributed by atoms with Crippen molar-refractivity contribution in [2.45, 2.75) is 6.92 Å². The molecule has 0 saturated carbocycles. The van der Waals surface area contributed by atoms with E-state index >= 15 is 0 Å². The van der Waals surface area contributed by atoms with Crippen LogP contribution in [0.1, 0.15) is 11.1 Å². The summed E-state index contributed by atoms with van der Waals surface area (Å²) in [6.45, 7) is 2.10. The van der Waals surface area contributed by atoms with Gasteiger partial charge in [-0.25, -0.2) is 0 Å². The average Bonchev–Trinajstić information content (AvgIpc) is 2.71. The Kier molecular flexibility index (Phi) is 2.39. The van der Waals surface area contributed by atoms with Crippen molar-refractivity contribution < 1.29 is 0 Å². The van der Waals surface area contributed by atoms with E-state index in [2.05, 4.69) is 41.8 Å². The molecule has 68 valence electrons. The number of thiophene rings is 1. The molecule has 1 aromatic heterocycles. The maximum atomic E-state index is 5.37. The molecule has 0 bridgehead atoms. The van der Waals surface area contributed by atoms with E-state index in [4.69, 9.17) is 6.42 Å². The quantitative estimate of drug-likeness (QED) is 0.613. The highest BCUT2D eigenvalue weighted by Gasteiger charge is 2.02. The topological polar surface area (TPSA) is 0 Å². The normalized spacial score (nSPS) is 9.71. The second kappa shape index (κ2) is 3.69. The summed E-state index contributed by atoms with van der Waals surface area (Å²) in [4.78, 5) is 0. The van der Waals surface area contributed by atoms with Gasteiger partial charge in [0.15, 0.2) is 0 Å². The molecule has 14 heavy (non-hydrogen) atoms. The van der Waals surface area contributed by atoms with E-state index in [9.17, 15) is 0 Å². The van der Waals surface area contributed by atoms with Gasteiger partial charge in [0, 0.05) is 5.56 Å². The van der Waals surface area contributed by atoms with Gasteiger partial charge in [0.2, 0.25) is 0 Å². The predicted molar refractivity (Wildman–Crippen MR) is 62.4 cm³/mol. The molecule has 0 N–H and O–H groups in total. The molecule has 2 aromatic rings. The Morgan fingerprint density at radius 2 is 2.14 bits per heavy atom. The maximum Gasteiger partial charge on any atom is 0.0248 e. The summed E-state index contributed by atoms with van der Waals surface area (Å²) in [6, 6.07) is 8.23. The van der Waals surface area contributed by atoms with Crippen LogP contribution in [0.25, 0.3) is 11.1 Å². The van der Waals surface area contributed by atoms with Crippen LogP contribution in [0.15, 0.2) is 35.0 Å². The summed E-state index contributed by atoms with van der Waals surface area (Å²) >= 11 is 1.70. The zero-order chi connectivity index (χ0) is 9.97. The third kappa shape index (κ3) is 1.57. The van der Waals surface area contributed by atoms with Crippen LogP contribution < -0.4 is 0 Å². The van der Waals surface area contributed by atoms with Gasteiger partial charge in [-0.2, -0.15) is 11.3 Å². The minimum atomic E-state index is 0.941. The Balaban J connectivity index is 2.58. The van der Waals surface area contributed by atoms with Crippen LogP contribution in [0.5, 0.6) is 0 Å². The molecular formula is C13H10S. The summed E-state index contributed by atoms with van der Waals surface area (Å²) in [5.41, 5.74) is 4.70. The van der Waals surface area contributed by atoms with Crippen molar-refractivity contribution >= 4 is 11.3 Å². The summed E-state index contributed by atoms with van der Waals surface area (Å²) in [6.07, 6.45) is 5.37. The molecule has 1 aromatic carbocycles. The van der Waals surface area contributed by atoms with Gasteiger partial charge < -0.3 is 0 Å². The smallest absolute Gasteiger partial charge is 0.0248 e. The van der Waals surface area contributed by atoms with E-state index in [0.717, 1.165) is 5.56 Å². The van der Waals surface area contributed by atoms with Gasteiger partial charge in [-0.15, -0.1) is 6.42 Å². The van der Waals surface area contributed by atoms with E-state index in [1.807, 2.05) is 6.07 Å². The first-order chi connectivity index (χ1) is 6.81. The van der Waals surface area contributed by atoms with Crippen molar-refractivity contribution in [2.24, 2.45) is 0 Å². The molecule has 0 nitrogen and oxygen atoms in total. The fourth-order valence-electron chi connectivity index (χ4n) is 1.44. The van der Waals surface area contributed by atoms with Crippen LogP contribution in [0.4, 0.5) is 0 Å². The lowest BCUT2D eigenvalue weighted by atomic mass is 10.0. The number of benzene rings is 1. The number of terminal acetylenes is 1. The lowest BCUT2D eigenvalue weighted by Crippen LogP contribution is -1.83. The molecule has 0 aliphatic heterocycles. The minimum absolute atomic E-state index is 0.941. The molecule has 2 rings (SSSR count). The summed E-state index contributed by atoms with van der Waals surface area (Å²) in [5, 5.41) is 4.22. The van der Waals surface area contributed by atoms with Gasteiger partial charge in [0.1, 0.15) is 0 Å². The fourth-order valence-corrected chi connectivity index (χ4v) is 2.10. The Bertz CT molecular complexity index is 472. The molecule has 0 fully saturated rings. The molecule has 0 spiro atoms. The minimum Gasteiger partial charge on any atom is -0.152 e. The highest BCUT2D eigenvalue weighted by Crippen LogP contribution is 2.26. The Labute approximate surface area is 88.2 Å². The van der Waals surface area contributed by atoms with E-state index in [-0.39, 0.29) is 0 Å². The van der Waals surface area contributed by atoms with Gasteiger partial charge in [0.05, 0.1) is 0 Å². The molecular weight excluding hydrogens is 188 g/mol. The second-order valence-corrected chi connectivity index (χ2v) is 3.97. The van der Waals surface area contributed by atoms with Gasteiger partial charge in [-0.05, 0) is 52.6 Å². The molecule has 0 atom stereocenters. The Morgan fingerprint density at radius 3 is 2.79 bits per heavy atom. The molecule has 0 unspecified atom stereocenters. The summed E-state index contributed by atoms with van der Waals surface area (Å²) in [5.74, 6) is 2.66. The number of rotatable bonds is 1. The standard InChI is InChI=1S/C13H10S/c1-3-11-5-4-10(2)13(8-11)12-6-7-14-9-12/h1,4-9H,2H3. The number of hydrogen-bond donors (Lipinski definition) is 0. The van der Waals surface area contributed by atoms with Crippen LogP contribution in [-0.4, -0.2) is 0 Å². The van der Waals surface area contributed by atoms with Gasteiger partial charge in [-0.1, -0.05) is 12.0 Å². The average molecular weight is 198 g/mol. The third-order valence-electron chi connectivity index (χ3n) is 2.24. The first-order valence-electron chi connectivity index (χ1n) is 4.41. The van der Waals surface area contributed by atoms with Crippen molar-refractivity contribution in [1.82, 2.24) is 0 Å². The SMILES string of the molecule is C#Cc1ccc(C)c(-c2ccsc2)c1. The van der Waals surface area contributed by atoms with Gasteiger partial charge in [0.25, 0.3) is 0 Å². The largest absolute Gasteiger partial charge is 0.152 e. The summed E-state index contributed by atoms with van der Waals surface area (Å²) in [7, 11) is 0. The Hall–Kier alpha value is -1.52. The van der Waals surface area contributed by atoms with Crippen molar-refractivity contribution in [3.05, 3.63) is 46.2 Å². The van der Waals surface area contributed by atoms with E-state index in [1.165, 1.54) is 16.7 Å². The molecule has 1 heterocycles. The Morgan fingerprint density at radius 1 is 1.29 bits per heavy atom. The molecule has 0 aliphatic rings. The zero-order valence-corrected chi connectivity index (χ0v) is 8.77. The van der Waals surface area contributed by atoms with Crippen LogP contribution in [0.2, 0.25) is 0 Å². The third-order valence-corrected chi connectivity index (χ3v) is 2.92. The van der Waals surface area contributed by atoms with Crippen molar-refractivity contribution in [1.29, 1.82) is 0 Å². The lowest BCUT2D eigenvalue weighted by molar-refractivity contribution is 1.45. The van der Waals surface area contributed by atoms with E-state index < -0.39 is 0 Å². The highest BCUT2D eigenvalue weighted by molar-refractivity contribution is 7.08. The van der Waals surface area contributed by atoms with E-state index in [0.29, 0.717) is 0 Å². The molecule has 0 amide bonds. The monoisotopic (exact) mass is 198 g/mol. The lowest BCUT2D eigenvalue weighted by Gasteiger charge is -2.03. The second-order valence-electron chi connectivity index (χ2n) is 3.19. The number of hydrogen-bond acceptors (Lipinski definition) is 1. The van der Waals surface area contributed by atoms with E-state index in [1.54, 1.807) is 11.3 Å². The van der Waals surface area contributed by atoms with Gasteiger partial charge in [-0.3, -0.25) is 0 Å². The summed E-state index contributed by atoms with van der Waals surface area (Å²) < 4.78 is 0. The highest BCUT2D eigenvalue weighted by atomic mass is 32.1. The first-order valence-corrected chi connectivity index (χ1v) is 5.35. The van der Waals surface area contributed by atoms with Crippen LogP contribution in [0, 0.1) is 19.3 Å². The zero-order valence-electron chi connectivity index (χ0n) is 7.95. The van der Waals surface area contributed by atoms with Crippen molar-refractivity contribution in [3.63, 3.8) is 0 Å². The number of aryl methyl sites for hydroxylation is 1. The van der Waals surface area contributed by atoms with Crippen LogP contribution >= 0.6 is 11.3 Å². The van der Waals surface area contributed by atoms with Crippen LogP contribution in [-0.2, 0) is 0 Å². The predicted octanol–water partition coefficient (Wildman–Crippen LogP) is 3.70. The molecule has 1 heteroatoms.